The highest BCUT2D eigenvalue weighted by Crippen LogP contribution is 2.13. The van der Waals surface area contributed by atoms with Crippen molar-refractivity contribution in [1.29, 1.82) is 0 Å². The Bertz CT molecular complexity index is 510. The van der Waals surface area contributed by atoms with Crippen LogP contribution in [-0.2, 0) is 6.42 Å². The number of benzene rings is 2. The average Bonchev–Trinajstić information content (AvgIpc) is 2.42. The number of phenolic OH excluding ortho intramolecular Hbond substituents is 1. The Kier molecular flexibility index (Phi) is 4.02. The summed E-state index contributed by atoms with van der Waals surface area (Å²) in [6.07, 6.45) is 5.03. The average molecular weight is 240 g/mol. The Hall–Kier alpha value is -2.22. The standard InChI is InChI=1S/C16H16O2/c1-18-16-11-7-14(8-12-16)4-2-3-13-5-9-15(17)10-6-13/h2-3,5-12,17H,4H2,1H3. The van der Waals surface area contributed by atoms with Crippen LogP contribution in [0.1, 0.15) is 11.1 Å². The largest absolute Gasteiger partial charge is 0.508 e. The first-order valence-corrected chi connectivity index (χ1v) is 5.86. The number of aromatic hydroxyl groups is 1. The maximum absolute atomic E-state index is 9.17. The van der Waals surface area contributed by atoms with Crippen LogP contribution in [0.25, 0.3) is 6.08 Å². The third-order valence-electron chi connectivity index (χ3n) is 2.72. The van der Waals surface area contributed by atoms with Crippen LogP contribution in [0, 0.1) is 0 Å². The van der Waals surface area contributed by atoms with Crippen molar-refractivity contribution in [3.05, 3.63) is 65.7 Å². The predicted molar refractivity (Wildman–Crippen MR) is 73.8 cm³/mol. The van der Waals surface area contributed by atoms with Gasteiger partial charge in [-0.15, -0.1) is 0 Å². The van der Waals surface area contributed by atoms with Gasteiger partial charge in [-0.1, -0.05) is 36.4 Å². The molecular weight excluding hydrogens is 224 g/mol. The molecule has 0 bridgehead atoms. The number of ether oxygens (including phenoxy) is 1. The number of allylic oxidation sites excluding steroid dienone is 1. The molecule has 2 aromatic rings. The minimum Gasteiger partial charge on any atom is -0.508 e. The topological polar surface area (TPSA) is 29.5 Å². The Morgan fingerprint density at radius 2 is 1.67 bits per heavy atom. The summed E-state index contributed by atoms with van der Waals surface area (Å²) in [5.74, 6) is 1.17. The van der Waals surface area contributed by atoms with Gasteiger partial charge in [0.25, 0.3) is 0 Å². The molecule has 0 unspecified atom stereocenters. The summed E-state index contributed by atoms with van der Waals surface area (Å²) in [5.41, 5.74) is 2.33. The molecule has 2 heteroatoms. The summed E-state index contributed by atoms with van der Waals surface area (Å²) >= 11 is 0. The van der Waals surface area contributed by atoms with E-state index in [0.717, 1.165) is 17.7 Å². The van der Waals surface area contributed by atoms with Crippen LogP contribution in [0.3, 0.4) is 0 Å². The Labute approximate surface area is 107 Å². The lowest BCUT2D eigenvalue weighted by Crippen LogP contribution is -1.84. The van der Waals surface area contributed by atoms with E-state index in [1.165, 1.54) is 5.56 Å². The first-order valence-electron chi connectivity index (χ1n) is 5.86. The van der Waals surface area contributed by atoms with Gasteiger partial charge in [0.05, 0.1) is 7.11 Å². The van der Waals surface area contributed by atoms with Gasteiger partial charge in [-0.05, 0) is 41.8 Å². The third-order valence-corrected chi connectivity index (χ3v) is 2.72. The summed E-state index contributed by atoms with van der Waals surface area (Å²) in [7, 11) is 1.67. The van der Waals surface area contributed by atoms with Crippen LogP contribution < -0.4 is 4.74 Å². The van der Waals surface area contributed by atoms with Crippen molar-refractivity contribution in [2.45, 2.75) is 6.42 Å². The number of hydrogen-bond acceptors (Lipinski definition) is 2. The molecule has 0 atom stereocenters. The van der Waals surface area contributed by atoms with Gasteiger partial charge in [0.1, 0.15) is 11.5 Å². The van der Waals surface area contributed by atoms with Crippen molar-refractivity contribution in [2.24, 2.45) is 0 Å². The van der Waals surface area contributed by atoms with Crippen LogP contribution in [0.4, 0.5) is 0 Å². The van der Waals surface area contributed by atoms with Gasteiger partial charge in [-0.2, -0.15) is 0 Å². The molecule has 0 heterocycles. The SMILES string of the molecule is COc1ccc(CC=Cc2ccc(O)cc2)cc1. The normalized spacial score (nSPS) is 10.7. The second-order valence-electron chi connectivity index (χ2n) is 4.05. The van der Waals surface area contributed by atoms with E-state index in [1.807, 2.05) is 30.3 Å². The van der Waals surface area contributed by atoms with Crippen molar-refractivity contribution < 1.29 is 9.84 Å². The highest BCUT2D eigenvalue weighted by atomic mass is 16.5. The molecule has 0 saturated carbocycles. The molecule has 0 aliphatic heterocycles. The van der Waals surface area contributed by atoms with Crippen molar-refractivity contribution >= 4 is 6.08 Å². The first kappa shape index (κ1) is 12.2. The Balaban J connectivity index is 1.95. The molecule has 0 saturated heterocycles. The quantitative estimate of drug-likeness (QED) is 0.883. The van der Waals surface area contributed by atoms with E-state index in [-0.39, 0.29) is 0 Å². The first-order chi connectivity index (χ1) is 8.78. The minimum atomic E-state index is 0.294. The molecule has 2 rings (SSSR count). The van der Waals surface area contributed by atoms with E-state index in [0.29, 0.717) is 5.75 Å². The van der Waals surface area contributed by atoms with E-state index in [1.54, 1.807) is 19.2 Å². The second-order valence-corrected chi connectivity index (χ2v) is 4.05. The van der Waals surface area contributed by atoms with E-state index >= 15 is 0 Å². The zero-order valence-corrected chi connectivity index (χ0v) is 10.3. The molecule has 92 valence electrons. The Morgan fingerprint density at radius 1 is 1.00 bits per heavy atom. The van der Waals surface area contributed by atoms with E-state index < -0.39 is 0 Å². The molecule has 0 aliphatic carbocycles. The van der Waals surface area contributed by atoms with Gasteiger partial charge in [-0.25, -0.2) is 0 Å². The zero-order valence-electron chi connectivity index (χ0n) is 10.3. The highest BCUT2D eigenvalue weighted by molar-refractivity contribution is 5.51. The summed E-state index contributed by atoms with van der Waals surface area (Å²) < 4.78 is 5.11. The van der Waals surface area contributed by atoms with Crippen molar-refractivity contribution in [1.82, 2.24) is 0 Å². The van der Waals surface area contributed by atoms with Crippen LogP contribution in [-0.4, -0.2) is 12.2 Å². The predicted octanol–water partition coefficient (Wildman–Crippen LogP) is 3.66. The van der Waals surface area contributed by atoms with E-state index in [2.05, 4.69) is 18.2 Å². The van der Waals surface area contributed by atoms with Crippen molar-refractivity contribution in [2.75, 3.05) is 7.11 Å². The molecule has 0 spiro atoms. The maximum Gasteiger partial charge on any atom is 0.118 e. The molecule has 18 heavy (non-hydrogen) atoms. The smallest absolute Gasteiger partial charge is 0.118 e. The molecule has 2 nitrogen and oxygen atoms in total. The fraction of sp³-hybridized carbons (Fsp3) is 0.125. The monoisotopic (exact) mass is 240 g/mol. The summed E-state index contributed by atoms with van der Waals surface area (Å²) in [6, 6.07) is 15.2. The molecule has 0 amide bonds. The number of hydrogen-bond donors (Lipinski definition) is 1. The lowest BCUT2D eigenvalue weighted by Gasteiger charge is -2.00. The van der Waals surface area contributed by atoms with Gasteiger partial charge >= 0.3 is 0 Å². The van der Waals surface area contributed by atoms with E-state index in [9.17, 15) is 5.11 Å². The van der Waals surface area contributed by atoms with Gasteiger partial charge in [-0.3, -0.25) is 0 Å². The maximum atomic E-state index is 9.17. The fourth-order valence-corrected chi connectivity index (χ4v) is 1.68. The Morgan fingerprint density at radius 3 is 2.28 bits per heavy atom. The second kappa shape index (κ2) is 5.92. The third kappa shape index (κ3) is 3.39. The number of rotatable bonds is 4. The molecule has 0 aromatic heterocycles. The van der Waals surface area contributed by atoms with Gasteiger partial charge in [0.2, 0.25) is 0 Å². The van der Waals surface area contributed by atoms with Crippen LogP contribution in [0.15, 0.2) is 54.6 Å². The molecule has 0 aliphatic rings. The van der Waals surface area contributed by atoms with Gasteiger partial charge in [0, 0.05) is 0 Å². The van der Waals surface area contributed by atoms with Gasteiger partial charge < -0.3 is 9.84 Å². The molecular formula is C16H16O2. The molecule has 1 N–H and O–H groups in total. The van der Waals surface area contributed by atoms with Crippen LogP contribution >= 0.6 is 0 Å². The lowest BCUT2D eigenvalue weighted by molar-refractivity contribution is 0.414. The summed E-state index contributed by atoms with van der Waals surface area (Å²) in [4.78, 5) is 0. The van der Waals surface area contributed by atoms with Crippen LogP contribution in [0.2, 0.25) is 0 Å². The number of phenols is 1. The number of methoxy groups -OCH3 is 1. The van der Waals surface area contributed by atoms with E-state index in [4.69, 9.17) is 4.74 Å². The van der Waals surface area contributed by atoms with Gasteiger partial charge in [0.15, 0.2) is 0 Å². The van der Waals surface area contributed by atoms with Crippen molar-refractivity contribution in [3.63, 3.8) is 0 Å². The van der Waals surface area contributed by atoms with Crippen molar-refractivity contribution in [3.8, 4) is 11.5 Å². The highest BCUT2D eigenvalue weighted by Gasteiger charge is 1.92. The minimum absolute atomic E-state index is 0.294. The zero-order chi connectivity index (χ0) is 12.8. The van der Waals surface area contributed by atoms with Crippen LogP contribution in [0.5, 0.6) is 11.5 Å². The summed E-state index contributed by atoms with van der Waals surface area (Å²) in [5, 5.41) is 9.17. The molecule has 0 fully saturated rings. The lowest BCUT2D eigenvalue weighted by atomic mass is 10.1. The molecule has 0 radical (unpaired) electrons. The molecule has 2 aromatic carbocycles. The fourth-order valence-electron chi connectivity index (χ4n) is 1.68. The summed E-state index contributed by atoms with van der Waals surface area (Å²) in [6.45, 7) is 0.